The van der Waals surface area contributed by atoms with Crippen molar-refractivity contribution in [3.8, 4) is 0 Å². The molecule has 0 saturated heterocycles. The first kappa shape index (κ1) is 14.3. The van der Waals surface area contributed by atoms with Gasteiger partial charge in [-0.3, -0.25) is 4.79 Å². The zero-order chi connectivity index (χ0) is 13.4. The van der Waals surface area contributed by atoms with Crippen LogP contribution in [0.5, 0.6) is 0 Å². The molecular weight excluding hydrogens is 252 g/mol. The van der Waals surface area contributed by atoms with Crippen LogP contribution in [-0.4, -0.2) is 42.7 Å². The van der Waals surface area contributed by atoms with Gasteiger partial charge in [0, 0.05) is 25.4 Å². The number of carbonyl (C=O) groups is 1. The molecule has 0 radical (unpaired) electrons. The summed E-state index contributed by atoms with van der Waals surface area (Å²) >= 11 is 4.86. The van der Waals surface area contributed by atoms with Crippen LogP contribution in [0.1, 0.15) is 5.56 Å². The largest absolute Gasteiger partial charge is 0.389 e. The van der Waals surface area contributed by atoms with Gasteiger partial charge in [-0.25, -0.2) is 4.98 Å². The molecule has 6 nitrogen and oxygen atoms in total. The fourth-order valence-corrected chi connectivity index (χ4v) is 1.33. The average Bonchev–Trinajstić information content (AvgIpc) is 2.37. The summed E-state index contributed by atoms with van der Waals surface area (Å²) < 4.78 is 4.82. The Kier molecular flexibility index (Phi) is 6.03. The van der Waals surface area contributed by atoms with Gasteiger partial charge < -0.3 is 21.1 Å². The SMILES string of the molecule is COCCNC(=O)CNc1cc(C(N)=S)ccn1. The molecule has 0 saturated carbocycles. The number of nitrogens with zero attached hydrogens (tertiary/aromatic N) is 1. The van der Waals surface area contributed by atoms with E-state index in [1.807, 2.05) is 0 Å². The maximum atomic E-state index is 11.4. The molecule has 0 bridgehead atoms. The standard InChI is InChI=1S/C11H16N4O2S/c1-17-5-4-14-10(16)7-15-9-6-8(11(12)18)2-3-13-9/h2-3,6H,4-5,7H2,1H3,(H2,12,18)(H,13,15)(H,14,16). The fraction of sp³-hybridized carbons (Fsp3) is 0.364. The van der Waals surface area contributed by atoms with E-state index in [2.05, 4.69) is 15.6 Å². The molecule has 1 rings (SSSR count). The third-order valence-electron chi connectivity index (χ3n) is 2.10. The monoisotopic (exact) mass is 268 g/mol. The van der Waals surface area contributed by atoms with Crippen molar-refractivity contribution in [1.29, 1.82) is 0 Å². The van der Waals surface area contributed by atoms with E-state index in [1.165, 1.54) is 0 Å². The van der Waals surface area contributed by atoms with Crippen molar-refractivity contribution in [2.75, 3.05) is 32.1 Å². The second-order valence-corrected chi connectivity index (χ2v) is 3.93. The second-order valence-electron chi connectivity index (χ2n) is 3.49. The summed E-state index contributed by atoms with van der Waals surface area (Å²) in [6.45, 7) is 1.11. The molecule has 7 heteroatoms. The van der Waals surface area contributed by atoms with Gasteiger partial charge in [0.25, 0.3) is 0 Å². The molecule has 0 aliphatic rings. The van der Waals surface area contributed by atoms with E-state index in [1.54, 1.807) is 25.4 Å². The number of thiocarbonyl (C=S) groups is 1. The van der Waals surface area contributed by atoms with Gasteiger partial charge >= 0.3 is 0 Å². The lowest BCUT2D eigenvalue weighted by atomic mass is 10.2. The predicted octanol–water partition coefficient (Wildman–Crippen LogP) is -0.110. The summed E-state index contributed by atoms with van der Waals surface area (Å²) in [6, 6.07) is 3.41. The Morgan fingerprint density at radius 2 is 2.39 bits per heavy atom. The van der Waals surface area contributed by atoms with Gasteiger partial charge in [0.15, 0.2) is 0 Å². The highest BCUT2D eigenvalue weighted by atomic mass is 32.1. The number of hydrogen-bond acceptors (Lipinski definition) is 5. The van der Waals surface area contributed by atoms with Crippen molar-refractivity contribution in [2.45, 2.75) is 0 Å². The number of nitrogens with two attached hydrogens (primary N) is 1. The topological polar surface area (TPSA) is 89.3 Å². The molecule has 0 unspecified atom stereocenters. The molecule has 0 aliphatic heterocycles. The summed E-state index contributed by atoms with van der Waals surface area (Å²) in [5.74, 6) is 0.428. The Bertz CT molecular complexity index is 425. The van der Waals surface area contributed by atoms with E-state index in [4.69, 9.17) is 22.7 Å². The number of carbonyl (C=O) groups excluding carboxylic acids is 1. The molecular formula is C11H16N4O2S. The normalized spacial score (nSPS) is 9.83. The van der Waals surface area contributed by atoms with Crippen LogP contribution < -0.4 is 16.4 Å². The van der Waals surface area contributed by atoms with Crippen LogP contribution in [0.3, 0.4) is 0 Å². The summed E-state index contributed by atoms with van der Waals surface area (Å²) in [6.07, 6.45) is 1.58. The minimum atomic E-state index is -0.130. The Morgan fingerprint density at radius 1 is 1.61 bits per heavy atom. The van der Waals surface area contributed by atoms with Crippen LogP contribution >= 0.6 is 12.2 Å². The number of pyridine rings is 1. The van der Waals surface area contributed by atoms with Gasteiger partial charge in [-0.2, -0.15) is 0 Å². The minimum absolute atomic E-state index is 0.130. The smallest absolute Gasteiger partial charge is 0.239 e. The van der Waals surface area contributed by atoms with Gasteiger partial charge in [0.1, 0.15) is 10.8 Å². The Labute approximate surface area is 111 Å². The number of nitrogens with one attached hydrogen (secondary N) is 2. The summed E-state index contributed by atoms with van der Waals surface area (Å²) in [5, 5.41) is 5.57. The van der Waals surface area contributed by atoms with E-state index in [0.717, 1.165) is 0 Å². The van der Waals surface area contributed by atoms with E-state index in [-0.39, 0.29) is 12.5 Å². The highest BCUT2D eigenvalue weighted by Crippen LogP contribution is 2.05. The summed E-state index contributed by atoms with van der Waals surface area (Å²) in [5.41, 5.74) is 6.21. The summed E-state index contributed by atoms with van der Waals surface area (Å²) in [4.78, 5) is 15.8. The molecule has 0 fully saturated rings. The number of amides is 1. The lowest BCUT2D eigenvalue weighted by Crippen LogP contribution is -2.32. The molecule has 0 aromatic carbocycles. The van der Waals surface area contributed by atoms with Crippen molar-refractivity contribution < 1.29 is 9.53 Å². The third-order valence-corrected chi connectivity index (χ3v) is 2.34. The predicted molar refractivity (Wildman–Crippen MR) is 73.5 cm³/mol. The highest BCUT2D eigenvalue weighted by molar-refractivity contribution is 7.80. The molecule has 18 heavy (non-hydrogen) atoms. The number of hydrogen-bond donors (Lipinski definition) is 3. The molecule has 1 heterocycles. The van der Waals surface area contributed by atoms with Gasteiger partial charge in [-0.15, -0.1) is 0 Å². The van der Waals surface area contributed by atoms with Crippen molar-refractivity contribution in [2.24, 2.45) is 5.73 Å². The number of ether oxygens (including phenoxy) is 1. The molecule has 1 aromatic rings. The van der Waals surface area contributed by atoms with Crippen LogP contribution in [-0.2, 0) is 9.53 Å². The van der Waals surface area contributed by atoms with Crippen molar-refractivity contribution in [3.63, 3.8) is 0 Å². The quantitative estimate of drug-likeness (QED) is 0.472. The Balaban J connectivity index is 2.41. The van der Waals surface area contributed by atoms with E-state index < -0.39 is 0 Å². The van der Waals surface area contributed by atoms with Gasteiger partial charge in [-0.05, 0) is 12.1 Å². The number of anilines is 1. The highest BCUT2D eigenvalue weighted by Gasteiger charge is 2.02. The molecule has 0 spiro atoms. The fourth-order valence-electron chi connectivity index (χ4n) is 1.21. The van der Waals surface area contributed by atoms with Crippen molar-refractivity contribution in [1.82, 2.24) is 10.3 Å². The molecule has 4 N–H and O–H groups in total. The Hall–Kier alpha value is -1.73. The van der Waals surface area contributed by atoms with Gasteiger partial charge in [-0.1, -0.05) is 12.2 Å². The first-order chi connectivity index (χ1) is 8.63. The number of methoxy groups -OCH3 is 1. The van der Waals surface area contributed by atoms with E-state index >= 15 is 0 Å². The van der Waals surface area contributed by atoms with Crippen LogP contribution in [0.25, 0.3) is 0 Å². The third kappa shape index (κ3) is 5.07. The van der Waals surface area contributed by atoms with Crippen LogP contribution in [0.15, 0.2) is 18.3 Å². The number of aromatic nitrogens is 1. The maximum Gasteiger partial charge on any atom is 0.239 e. The summed E-state index contributed by atoms with van der Waals surface area (Å²) in [7, 11) is 1.58. The van der Waals surface area contributed by atoms with Crippen molar-refractivity contribution in [3.05, 3.63) is 23.9 Å². The lowest BCUT2D eigenvalue weighted by Gasteiger charge is -2.07. The second kappa shape index (κ2) is 7.57. The van der Waals surface area contributed by atoms with Crippen LogP contribution in [0, 0.1) is 0 Å². The first-order valence-electron chi connectivity index (χ1n) is 5.39. The van der Waals surface area contributed by atoms with E-state index in [9.17, 15) is 4.79 Å². The zero-order valence-corrected chi connectivity index (χ0v) is 10.9. The molecule has 0 atom stereocenters. The number of rotatable bonds is 7. The van der Waals surface area contributed by atoms with Crippen LogP contribution in [0.4, 0.5) is 5.82 Å². The molecule has 1 aromatic heterocycles. The zero-order valence-electron chi connectivity index (χ0n) is 10.1. The van der Waals surface area contributed by atoms with Crippen molar-refractivity contribution >= 4 is 28.9 Å². The molecule has 98 valence electrons. The van der Waals surface area contributed by atoms with Crippen LogP contribution in [0.2, 0.25) is 0 Å². The Morgan fingerprint density at radius 3 is 3.06 bits per heavy atom. The van der Waals surface area contributed by atoms with Gasteiger partial charge in [0.05, 0.1) is 13.2 Å². The first-order valence-corrected chi connectivity index (χ1v) is 5.79. The minimum Gasteiger partial charge on any atom is -0.389 e. The lowest BCUT2D eigenvalue weighted by molar-refractivity contribution is -0.119. The van der Waals surface area contributed by atoms with E-state index in [0.29, 0.717) is 29.5 Å². The van der Waals surface area contributed by atoms with Gasteiger partial charge in [0.2, 0.25) is 5.91 Å². The average molecular weight is 268 g/mol. The maximum absolute atomic E-state index is 11.4. The molecule has 0 aliphatic carbocycles. The molecule has 1 amide bonds.